The smallest absolute Gasteiger partial charge is 0.372 e. The molecule has 0 aliphatic rings. The highest BCUT2D eigenvalue weighted by Crippen LogP contribution is 2.17. The maximum Gasteiger partial charge on any atom is 0.411 e. The van der Waals surface area contributed by atoms with Gasteiger partial charge < -0.3 is 4.74 Å². The Balaban J connectivity index is 2.37. The maximum absolute atomic E-state index is 13.3. The molecule has 2 nitrogen and oxygen atoms in total. The van der Waals surface area contributed by atoms with Crippen molar-refractivity contribution in [3.05, 3.63) is 34.1 Å². The van der Waals surface area contributed by atoms with Gasteiger partial charge in [0.15, 0.2) is 0 Å². The first-order valence-corrected chi connectivity index (χ1v) is 6.17. The SMILES string of the molecule is O=C(CCOCC(F)(F)F)Cc1cc(Br)ccc1F. The van der Waals surface area contributed by atoms with E-state index in [9.17, 15) is 22.4 Å². The summed E-state index contributed by atoms with van der Waals surface area (Å²) in [5.41, 5.74) is 0.204. The van der Waals surface area contributed by atoms with E-state index in [0.717, 1.165) is 0 Å². The minimum absolute atomic E-state index is 0.166. The number of ketones is 1. The van der Waals surface area contributed by atoms with Gasteiger partial charge in [0.1, 0.15) is 18.2 Å². The van der Waals surface area contributed by atoms with Crippen LogP contribution in [-0.2, 0) is 16.0 Å². The Bertz CT molecular complexity index is 446. The fourth-order valence-electron chi connectivity index (χ4n) is 1.35. The second-order valence-electron chi connectivity index (χ2n) is 3.87. The maximum atomic E-state index is 13.3. The van der Waals surface area contributed by atoms with Gasteiger partial charge in [-0.25, -0.2) is 4.39 Å². The number of hydrogen-bond acceptors (Lipinski definition) is 2. The number of halogens is 5. The standard InChI is InChI=1S/C12H11BrF4O2/c13-9-1-2-11(14)8(5-9)6-10(18)3-4-19-7-12(15,16)17/h1-2,5H,3-4,6-7H2. The first kappa shape index (κ1) is 16.1. The molecular formula is C12H11BrF4O2. The summed E-state index contributed by atoms with van der Waals surface area (Å²) < 4.78 is 53.5. The zero-order chi connectivity index (χ0) is 14.5. The van der Waals surface area contributed by atoms with Crippen molar-refractivity contribution in [3.63, 3.8) is 0 Å². The van der Waals surface area contributed by atoms with Crippen LogP contribution in [0.4, 0.5) is 17.6 Å². The van der Waals surface area contributed by atoms with Crippen LogP contribution in [0.1, 0.15) is 12.0 Å². The number of benzene rings is 1. The Morgan fingerprint density at radius 2 is 2.00 bits per heavy atom. The molecule has 106 valence electrons. The minimum Gasteiger partial charge on any atom is -0.372 e. The van der Waals surface area contributed by atoms with E-state index in [4.69, 9.17) is 0 Å². The summed E-state index contributed by atoms with van der Waals surface area (Å²) in [6.45, 7) is -1.71. The summed E-state index contributed by atoms with van der Waals surface area (Å²) in [6, 6.07) is 4.17. The minimum atomic E-state index is -4.40. The van der Waals surface area contributed by atoms with Crippen molar-refractivity contribution in [1.82, 2.24) is 0 Å². The second-order valence-corrected chi connectivity index (χ2v) is 4.78. The lowest BCUT2D eigenvalue weighted by atomic mass is 10.1. The molecule has 0 saturated carbocycles. The molecule has 1 rings (SSSR count). The van der Waals surface area contributed by atoms with Crippen LogP contribution < -0.4 is 0 Å². The molecule has 0 fully saturated rings. The second kappa shape index (κ2) is 7.00. The molecule has 7 heteroatoms. The molecule has 0 unspecified atom stereocenters. The van der Waals surface area contributed by atoms with E-state index < -0.39 is 18.6 Å². The summed E-state index contributed by atoms with van der Waals surface area (Å²) in [7, 11) is 0. The molecule has 0 saturated heterocycles. The molecule has 0 N–H and O–H groups in total. The van der Waals surface area contributed by atoms with Crippen LogP contribution in [0.15, 0.2) is 22.7 Å². The van der Waals surface area contributed by atoms with Crippen LogP contribution in [0.2, 0.25) is 0 Å². The van der Waals surface area contributed by atoms with E-state index in [0.29, 0.717) is 4.47 Å². The predicted octanol–water partition coefficient (Wildman–Crippen LogP) is 3.67. The fraction of sp³-hybridized carbons (Fsp3) is 0.417. The third kappa shape index (κ3) is 6.68. The third-order valence-electron chi connectivity index (χ3n) is 2.19. The van der Waals surface area contributed by atoms with Crippen molar-refractivity contribution in [2.45, 2.75) is 19.0 Å². The lowest BCUT2D eigenvalue weighted by molar-refractivity contribution is -0.174. The van der Waals surface area contributed by atoms with E-state index >= 15 is 0 Å². The Labute approximate surface area is 115 Å². The molecule has 0 aromatic heterocycles. The number of Topliss-reactive ketones (excluding diaryl/α,β-unsaturated/α-hetero) is 1. The van der Waals surface area contributed by atoms with Gasteiger partial charge in [0.25, 0.3) is 0 Å². The van der Waals surface area contributed by atoms with Crippen LogP contribution in [0, 0.1) is 5.82 Å². The molecule has 19 heavy (non-hydrogen) atoms. The highest BCUT2D eigenvalue weighted by Gasteiger charge is 2.27. The van der Waals surface area contributed by atoms with Gasteiger partial charge in [-0.2, -0.15) is 13.2 Å². The molecule has 1 aromatic rings. The Hall–Kier alpha value is -0.950. The third-order valence-corrected chi connectivity index (χ3v) is 2.68. The largest absolute Gasteiger partial charge is 0.411 e. The molecule has 0 amide bonds. The molecular weight excluding hydrogens is 332 g/mol. The number of hydrogen-bond donors (Lipinski definition) is 0. The molecule has 0 heterocycles. The average Bonchev–Trinajstić information content (AvgIpc) is 2.28. The summed E-state index contributed by atoms with van der Waals surface area (Å²) in [5.74, 6) is -0.896. The van der Waals surface area contributed by atoms with E-state index in [1.165, 1.54) is 18.2 Å². The normalized spacial score (nSPS) is 11.6. The number of alkyl halides is 3. The molecule has 0 spiro atoms. The molecule has 0 aliphatic heterocycles. The Kier molecular flexibility index (Phi) is 5.93. The van der Waals surface area contributed by atoms with Crippen molar-refractivity contribution >= 4 is 21.7 Å². The molecule has 0 aliphatic carbocycles. The monoisotopic (exact) mass is 342 g/mol. The van der Waals surface area contributed by atoms with Gasteiger partial charge >= 0.3 is 6.18 Å². The van der Waals surface area contributed by atoms with E-state index in [2.05, 4.69) is 20.7 Å². The van der Waals surface area contributed by atoms with E-state index in [1.807, 2.05) is 0 Å². The molecule has 0 atom stereocenters. The van der Waals surface area contributed by atoms with Gasteiger partial charge in [-0.1, -0.05) is 15.9 Å². The number of carbonyl (C=O) groups is 1. The summed E-state index contributed by atoms with van der Waals surface area (Å²) in [4.78, 5) is 11.5. The Morgan fingerprint density at radius 1 is 1.32 bits per heavy atom. The number of rotatable bonds is 6. The Morgan fingerprint density at radius 3 is 2.63 bits per heavy atom. The number of carbonyl (C=O) groups excluding carboxylic acids is 1. The lowest BCUT2D eigenvalue weighted by Crippen LogP contribution is -2.18. The van der Waals surface area contributed by atoms with Crippen LogP contribution in [0.25, 0.3) is 0 Å². The number of ether oxygens (including phenoxy) is 1. The van der Waals surface area contributed by atoms with Crippen molar-refractivity contribution in [3.8, 4) is 0 Å². The van der Waals surface area contributed by atoms with Gasteiger partial charge in [-0.15, -0.1) is 0 Å². The molecule has 0 bridgehead atoms. The van der Waals surface area contributed by atoms with Gasteiger partial charge in [0, 0.05) is 17.3 Å². The van der Waals surface area contributed by atoms with Gasteiger partial charge in [0.2, 0.25) is 0 Å². The van der Waals surface area contributed by atoms with Crippen molar-refractivity contribution in [2.75, 3.05) is 13.2 Å². The molecule has 0 radical (unpaired) electrons. The zero-order valence-electron chi connectivity index (χ0n) is 9.77. The summed E-state index contributed by atoms with van der Waals surface area (Å²) in [5, 5.41) is 0. The zero-order valence-corrected chi connectivity index (χ0v) is 11.4. The van der Waals surface area contributed by atoms with Crippen LogP contribution in [0.3, 0.4) is 0 Å². The van der Waals surface area contributed by atoms with Crippen LogP contribution in [-0.4, -0.2) is 25.2 Å². The van der Waals surface area contributed by atoms with Crippen molar-refractivity contribution < 1.29 is 27.1 Å². The van der Waals surface area contributed by atoms with Gasteiger partial charge in [-0.05, 0) is 23.8 Å². The molecule has 1 aromatic carbocycles. The van der Waals surface area contributed by atoms with Crippen molar-refractivity contribution in [1.29, 1.82) is 0 Å². The highest BCUT2D eigenvalue weighted by atomic mass is 79.9. The van der Waals surface area contributed by atoms with E-state index in [-0.39, 0.29) is 30.8 Å². The van der Waals surface area contributed by atoms with Crippen LogP contribution >= 0.6 is 15.9 Å². The van der Waals surface area contributed by atoms with Crippen LogP contribution in [0.5, 0.6) is 0 Å². The van der Waals surface area contributed by atoms with Crippen molar-refractivity contribution in [2.24, 2.45) is 0 Å². The highest BCUT2D eigenvalue weighted by molar-refractivity contribution is 9.10. The summed E-state index contributed by atoms with van der Waals surface area (Å²) >= 11 is 3.14. The fourth-order valence-corrected chi connectivity index (χ4v) is 1.76. The average molecular weight is 343 g/mol. The topological polar surface area (TPSA) is 26.3 Å². The first-order chi connectivity index (χ1) is 8.78. The predicted molar refractivity (Wildman–Crippen MR) is 64.3 cm³/mol. The van der Waals surface area contributed by atoms with E-state index in [1.54, 1.807) is 0 Å². The summed E-state index contributed by atoms with van der Waals surface area (Å²) in [6.07, 6.45) is -4.75. The van der Waals surface area contributed by atoms with Gasteiger partial charge in [0.05, 0.1) is 6.61 Å². The first-order valence-electron chi connectivity index (χ1n) is 5.38. The van der Waals surface area contributed by atoms with Gasteiger partial charge in [-0.3, -0.25) is 4.79 Å². The lowest BCUT2D eigenvalue weighted by Gasteiger charge is -2.07. The quantitative estimate of drug-likeness (QED) is 0.582.